The number of H-pyrrole nitrogens is 1. The van der Waals surface area contributed by atoms with Crippen LogP contribution in [0.3, 0.4) is 0 Å². The van der Waals surface area contributed by atoms with Crippen molar-refractivity contribution in [1.29, 1.82) is 10.8 Å². The molecule has 51 heteroatoms. The minimum atomic E-state index is -1.95. The van der Waals surface area contributed by atoms with Gasteiger partial charge in [0.2, 0.25) is 100 Å². The van der Waals surface area contributed by atoms with Gasteiger partial charge in [-0.25, -0.2) is 0 Å². The Balaban J connectivity index is 2.44. The lowest BCUT2D eigenvalue weighted by atomic mass is 9.93. The van der Waals surface area contributed by atoms with E-state index in [-0.39, 0.29) is 89.3 Å². The van der Waals surface area contributed by atoms with Crippen LogP contribution in [-0.4, -0.2) is 297 Å². The number of hydrogen-bond acceptors (Lipinski definition) is 26. The number of thioether (sulfide) groups is 1. The van der Waals surface area contributed by atoms with Gasteiger partial charge in [0.1, 0.15) is 90.6 Å². The summed E-state index contributed by atoms with van der Waals surface area (Å²) in [6.07, 6.45) is 0.944. The number of rotatable bonds is 66. The largest absolute Gasteiger partial charge is 0.481 e. The van der Waals surface area contributed by atoms with Gasteiger partial charge in [0.15, 0.2) is 11.9 Å². The standard InChI is InChI=1S/C86H144N26O24S/c1-14-44(9)67(111-74(125)53(26-21-32-95-86(92)93)101-70(121)50(88)23-20-31-94-85(90)91)83(134)112-68(45(10)15-2)82(133)110-66(43(7)8)81(132)108-60(40-113)79(130)98-46(11)69(120)104-57(35-48-38-96-51-24-17-16-22-49(48)51)76(127)106-58(36-61(89)114)78(129)109-65(42(5)6)80(131)97-39-62(115)100-54(27-28-63(116)117)73(124)105-56(34-41(3)4)75(126)107-59(37-64(118)119)77(128)102-52(25-18-19-30-87)72(123)103-55(29-33-137-13)71(122)99-47(12)84(135)136/h16-17,22,24,38,41-47,50,52-60,65-68,96,113H,14-15,18-21,23,25-37,39-40,87-88H2,1-13H3,(H2,89,114)(H,97,131)(H,98,130)(H,99,122)(H,100,115)(H,101,121)(H,102,128)(H,103,123)(H,104,120)(H,105,124)(H,106,127)(H,107,126)(H,108,132)(H,109,129)(H,110,133)(H,111,125)(H,112,134)(H,116,117)(H,118,119)(H,135,136)(H4,90,91,94)(H4,92,93,95)/t44-,45-,46-,47-,50-,52-,53-,54-,55-,56-,57-,58-,59-,60-,65-,66-,67-,68-/m0/s1. The Morgan fingerprint density at radius 2 is 0.839 bits per heavy atom. The Hall–Kier alpha value is -13.1. The first-order valence-electron chi connectivity index (χ1n) is 45.4. The van der Waals surface area contributed by atoms with Gasteiger partial charge in [-0.1, -0.05) is 100 Å². The van der Waals surface area contributed by atoms with Crippen molar-refractivity contribution in [2.45, 2.75) is 282 Å². The third-order valence-corrected chi connectivity index (χ3v) is 22.7. The second kappa shape index (κ2) is 61.8. The van der Waals surface area contributed by atoms with Crippen LogP contribution in [0.2, 0.25) is 0 Å². The molecule has 1 heterocycles. The fourth-order valence-corrected chi connectivity index (χ4v) is 14.1. The third kappa shape index (κ3) is 44.1. The van der Waals surface area contributed by atoms with Crippen LogP contribution in [0.1, 0.15) is 185 Å². The average molecular weight is 1960 g/mol. The van der Waals surface area contributed by atoms with Gasteiger partial charge in [0.05, 0.1) is 32.0 Å². The van der Waals surface area contributed by atoms with Crippen molar-refractivity contribution in [2.24, 2.45) is 58.3 Å². The van der Waals surface area contributed by atoms with Crippen molar-refractivity contribution in [2.75, 3.05) is 44.8 Å². The average Bonchev–Trinajstić information content (AvgIpc) is 1.66. The minimum absolute atomic E-state index is 0.00808. The molecule has 0 saturated carbocycles. The molecule has 0 aliphatic heterocycles. The van der Waals surface area contributed by atoms with Gasteiger partial charge in [-0.05, 0) is 138 Å². The molecule has 2 aromatic rings. The predicted octanol–water partition coefficient (Wildman–Crippen LogP) is -6.38. The Labute approximate surface area is 798 Å². The summed E-state index contributed by atoms with van der Waals surface area (Å²) >= 11 is 1.31. The lowest BCUT2D eigenvalue weighted by Gasteiger charge is -2.31. The highest BCUT2D eigenvalue weighted by atomic mass is 32.2. The van der Waals surface area contributed by atoms with Crippen LogP contribution < -0.4 is 124 Å². The molecule has 1 aromatic carbocycles. The van der Waals surface area contributed by atoms with Gasteiger partial charge in [0, 0.05) is 43.0 Å². The lowest BCUT2D eigenvalue weighted by Crippen LogP contribution is -2.62. The summed E-state index contributed by atoms with van der Waals surface area (Å²) < 4.78 is 0. The number of aromatic amines is 1. The van der Waals surface area contributed by atoms with Gasteiger partial charge in [0.25, 0.3) is 0 Å². The van der Waals surface area contributed by atoms with E-state index in [1.807, 2.05) is 0 Å². The quantitative estimate of drug-likeness (QED) is 0.0166. The number of primary amides is 1. The number of fused-ring (bicyclic) bond motifs is 1. The van der Waals surface area contributed by atoms with E-state index in [1.54, 1.807) is 85.9 Å². The molecular formula is C86H144N26O24S. The highest BCUT2D eigenvalue weighted by Gasteiger charge is 2.41. The summed E-state index contributed by atoms with van der Waals surface area (Å²) in [6, 6.07) is -18.0. The highest BCUT2D eigenvalue weighted by Crippen LogP contribution is 2.22. The molecule has 0 spiro atoms. The number of guanidine groups is 2. The number of unbranched alkanes of at least 4 members (excludes halogenated alkanes) is 1. The van der Waals surface area contributed by atoms with Gasteiger partial charge in [-0.3, -0.25) is 107 Å². The minimum Gasteiger partial charge on any atom is -0.481 e. The van der Waals surface area contributed by atoms with E-state index in [2.05, 4.69) is 101 Å². The Bertz CT molecular complexity index is 4460. The Morgan fingerprint density at radius 1 is 0.423 bits per heavy atom. The zero-order valence-electron chi connectivity index (χ0n) is 79.8. The molecule has 50 nitrogen and oxygen atoms in total. The van der Waals surface area contributed by atoms with E-state index in [4.69, 9.17) is 39.5 Å². The molecule has 1 aromatic heterocycles. The first-order chi connectivity index (χ1) is 64.3. The number of para-hydroxylation sites is 1. The maximum Gasteiger partial charge on any atom is 0.325 e. The number of carbonyl (C=O) groups is 20. The maximum atomic E-state index is 14.7. The number of nitrogens with one attached hydrogen (secondary N) is 21. The van der Waals surface area contributed by atoms with E-state index in [1.165, 1.54) is 45.7 Å². The molecule has 2 rings (SSSR count). The fraction of sp³-hybridized carbons (Fsp3) is 0.651. The summed E-state index contributed by atoms with van der Waals surface area (Å²) in [5.41, 5.74) is 29.3. The molecule has 0 saturated heterocycles. The van der Waals surface area contributed by atoms with E-state index < -0.39 is 283 Å². The van der Waals surface area contributed by atoms with E-state index in [0.29, 0.717) is 41.5 Å². The van der Waals surface area contributed by atoms with Crippen molar-refractivity contribution in [3.8, 4) is 0 Å². The van der Waals surface area contributed by atoms with Crippen LogP contribution in [-0.2, 0) is 102 Å². The van der Waals surface area contributed by atoms with Gasteiger partial charge in [-0.2, -0.15) is 11.8 Å². The molecule has 0 unspecified atom stereocenters. The predicted molar refractivity (Wildman–Crippen MR) is 503 cm³/mol. The van der Waals surface area contributed by atoms with Crippen molar-refractivity contribution in [3.05, 3.63) is 36.0 Å². The van der Waals surface area contributed by atoms with Gasteiger partial charge < -0.3 is 150 Å². The van der Waals surface area contributed by atoms with Crippen LogP contribution >= 0.6 is 11.8 Å². The zero-order valence-corrected chi connectivity index (χ0v) is 80.6. The monoisotopic (exact) mass is 1960 g/mol. The number of aliphatic hydroxyl groups is 1. The fourth-order valence-electron chi connectivity index (χ4n) is 13.6. The van der Waals surface area contributed by atoms with Crippen molar-refractivity contribution in [3.63, 3.8) is 0 Å². The summed E-state index contributed by atoms with van der Waals surface area (Å²) in [5.74, 6) is -25.5. The molecule has 17 amide bonds. The summed E-state index contributed by atoms with van der Waals surface area (Å²) in [4.78, 5) is 277. The second-order valence-corrected chi connectivity index (χ2v) is 35.5. The number of aromatic nitrogens is 1. The molecule has 35 N–H and O–H groups in total. The van der Waals surface area contributed by atoms with Crippen LogP contribution in [0.25, 0.3) is 10.9 Å². The number of carbonyl (C=O) groups excluding carboxylic acids is 17. The molecule has 0 aliphatic carbocycles. The molecular weight excluding hydrogens is 1810 g/mol. The van der Waals surface area contributed by atoms with Crippen molar-refractivity contribution >= 4 is 153 Å². The topological polar surface area (TPSA) is 832 Å². The van der Waals surface area contributed by atoms with Gasteiger partial charge in [-0.15, -0.1) is 0 Å². The summed E-state index contributed by atoms with van der Waals surface area (Å²) in [6.45, 7) is 16.8. The lowest BCUT2D eigenvalue weighted by molar-refractivity contribution is -0.142. The van der Waals surface area contributed by atoms with Crippen LogP contribution in [0.4, 0.5) is 0 Å². The Kier molecular flexibility index (Phi) is 54.2. The maximum absolute atomic E-state index is 14.7. The zero-order chi connectivity index (χ0) is 104. The molecule has 768 valence electrons. The normalized spacial score (nSPS) is 15.1. The number of carboxylic acids is 3. The highest BCUT2D eigenvalue weighted by molar-refractivity contribution is 7.98. The molecule has 137 heavy (non-hydrogen) atoms. The van der Waals surface area contributed by atoms with Crippen LogP contribution in [0, 0.1) is 40.4 Å². The number of aliphatic carboxylic acids is 3. The number of amides is 17. The molecule has 18 atom stereocenters. The second-order valence-electron chi connectivity index (χ2n) is 34.5. The van der Waals surface area contributed by atoms with Crippen molar-refractivity contribution in [1.82, 2.24) is 101 Å². The van der Waals surface area contributed by atoms with E-state index in [0.717, 1.165) is 0 Å². The van der Waals surface area contributed by atoms with E-state index in [9.17, 15) is 116 Å². The molecule has 0 radical (unpaired) electrons. The number of nitrogens with two attached hydrogens (primary N) is 5. The summed E-state index contributed by atoms with van der Waals surface area (Å²) in [7, 11) is 0. The first kappa shape index (κ1) is 120. The molecule has 0 bridgehead atoms. The van der Waals surface area contributed by atoms with Gasteiger partial charge >= 0.3 is 17.9 Å². The summed E-state index contributed by atoms with van der Waals surface area (Å²) in [5, 5.41) is 99.7. The smallest absolute Gasteiger partial charge is 0.325 e. The molecule has 0 fully saturated rings. The van der Waals surface area contributed by atoms with Crippen LogP contribution in [0.15, 0.2) is 30.5 Å². The molecule has 0 aliphatic rings. The van der Waals surface area contributed by atoms with E-state index >= 15 is 0 Å². The van der Waals surface area contributed by atoms with Crippen LogP contribution in [0.5, 0.6) is 0 Å². The first-order valence-corrected chi connectivity index (χ1v) is 46.8. The Morgan fingerprint density at radius 3 is 1.35 bits per heavy atom. The van der Waals surface area contributed by atoms with Crippen molar-refractivity contribution < 1.29 is 116 Å². The number of hydrogen-bond donors (Lipinski definition) is 30. The SMILES string of the molecule is CC[C@H](C)[C@H](NC(=O)[C@H](CCCNC(=N)N)NC(=O)[C@@H](N)CCCNC(=N)N)C(=O)N[C@H](C(=O)N[C@H](C(=O)N[C@@H](CO)C(=O)N[C@@H](C)C(=O)N[C@@H](Cc1c[nH]c2ccccc12)C(=O)N[C@@H](CC(N)=O)C(=O)N[C@H](C(=O)NCC(=O)N[C@@H](CCC(=O)O)C(=O)N[C@@H](CC(C)C)C(=O)N[C@@H](CC(=O)O)C(=O)N[C@@H](CCCCN)C(=O)N[C@@H](CCSC)C(=O)N[C@@H](C)C(=O)O)C(C)C)C(C)C)[C@@H](C)CC. The third-order valence-electron chi connectivity index (χ3n) is 22.0. The number of carboxylic acid groups (broad SMARTS) is 3. The number of aliphatic hydroxyl groups excluding tert-OH is 1. The number of benzene rings is 1.